The Morgan fingerprint density at radius 3 is 2.57 bits per heavy atom. The summed E-state index contributed by atoms with van der Waals surface area (Å²) in [5.74, 6) is -1.31. The van der Waals surface area contributed by atoms with Crippen LogP contribution in [0.5, 0.6) is 5.75 Å². The quantitative estimate of drug-likeness (QED) is 0.498. The molecule has 5 atom stereocenters. The second kappa shape index (κ2) is 4.78. The molecule has 23 heavy (non-hydrogen) atoms. The Morgan fingerprint density at radius 2 is 1.91 bits per heavy atom. The molecule has 3 fully saturated rings. The molecule has 1 N–H and O–H groups in total. The highest BCUT2D eigenvalue weighted by atomic mass is 32.2. The average molecular weight is 338 g/mol. The summed E-state index contributed by atoms with van der Waals surface area (Å²) in [5.41, 5.74) is 0. The fraction of sp³-hybridized carbons (Fsp3) is 0.467. The molecule has 4 rings (SSSR count). The Hall–Kier alpha value is -1.93. The van der Waals surface area contributed by atoms with Gasteiger partial charge in [-0.1, -0.05) is 0 Å². The van der Waals surface area contributed by atoms with E-state index in [2.05, 4.69) is 0 Å². The van der Waals surface area contributed by atoms with E-state index in [1.54, 1.807) is 0 Å². The Bertz CT molecular complexity index is 781. The van der Waals surface area contributed by atoms with Gasteiger partial charge in [0.05, 0.1) is 16.7 Å². The molecular weight excluding hydrogens is 324 g/mol. The molecule has 1 aromatic rings. The standard InChI is InChI=1S/C15H14O7S/c16-14(21-8-1-3-9(4-2-8)23(18,19)20)12-7-5-10-11(6-7)22-15(17)13(10)12/h1-4,7,10-13H,5-6H2,(H,18,19,20)/t7?,10?,11?,12-,13?/m1/s1. The van der Waals surface area contributed by atoms with Crippen LogP contribution in [-0.2, 0) is 24.4 Å². The zero-order chi connectivity index (χ0) is 16.4. The van der Waals surface area contributed by atoms with Gasteiger partial charge in [0.1, 0.15) is 11.9 Å². The maximum Gasteiger partial charge on any atom is 0.315 e. The molecule has 1 aliphatic heterocycles. The van der Waals surface area contributed by atoms with E-state index in [9.17, 15) is 18.0 Å². The van der Waals surface area contributed by atoms with Gasteiger partial charge in [-0.15, -0.1) is 0 Å². The molecule has 1 saturated heterocycles. The first kappa shape index (κ1) is 14.6. The smallest absolute Gasteiger partial charge is 0.315 e. The third kappa shape index (κ3) is 2.24. The summed E-state index contributed by atoms with van der Waals surface area (Å²) in [7, 11) is -4.29. The molecule has 3 aliphatic rings. The Balaban J connectivity index is 1.52. The molecule has 4 unspecified atom stereocenters. The molecule has 2 aliphatic carbocycles. The molecular formula is C15H14O7S. The Labute approximate surface area is 132 Å². The minimum Gasteiger partial charge on any atom is -0.462 e. The number of carbonyl (C=O) groups excluding carboxylic acids is 2. The van der Waals surface area contributed by atoms with E-state index < -0.39 is 27.9 Å². The highest BCUT2D eigenvalue weighted by Gasteiger charge is 2.64. The van der Waals surface area contributed by atoms with Crippen LogP contribution in [0.3, 0.4) is 0 Å². The van der Waals surface area contributed by atoms with Gasteiger partial charge in [0, 0.05) is 5.92 Å². The summed E-state index contributed by atoms with van der Waals surface area (Å²) in [6, 6.07) is 4.89. The number of fused-ring (bicyclic) bond motifs is 1. The van der Waals surface area contributed by atoms with Crippen molar-refractivity contribution in [3.8, 4) is 5.75 Å². The second-order valence-electron chi connectivity index (χ2n) is 6.29. The van der Waals surface area contributed by atoms with Crippen LogP contribution >= 0.6 is 0 Å². The van der Waals surface area contributed by atoms with Crippen LogP contribution in [0.4, 0.5) is 0 Å². The zero-order valence-electron chi connectivity index (χ0n) is 11.9. The van der Waals surface area contributed by atoms with Crippen molar-refractivity contribution >= 4 is 22.1 Å². The van der Waals surface area contributed by atoms with Crippen molar-refractivity contribution in [2.45, 2.75) is 23.8 Å². The van der Waals surface area contributed by atoms with Gasteiger partial charge in [-0.2, -0.15) is 8.42 Å². The summed E-state index contributed by atoms with van der Waals surface area (Å²) < 4.78 is 41.5. The summed E-state index contributed by atoms with van der Waals surface area (Å²) in [6.45, 7) is 0. The van der Waals surface area contributed by atoms with Gasteiger partial charge in [-0.25, -0.2) is 0 Å². The molecule has 2 saturated carbocycles. The molecule has 1 aromatic carbocycles. The van der Waals surface area contributed by atoms with Crippen LogP contribution in [0, 0.1) is 23.7 Å². The number of rotatable bonds is 3. The van der Waals surface area contributed by atoms with Gasteiger partial charge < -0.3 is 9.47 Å². The minimum absolute atomic E-state index is 0.0457. The van der Waals surface area contributed by atoms with Crippen molar-refractivity contribution in [2.75, 3.05) is 0 Å². The molecule has 7 nitrogen and oxygen atoms in total. The third-order valence-electron chi connectivity index (χ3n) is 5.10. The predicted molar refractivity (Wildman–Crippen MR) is 75.0 cm³/mol. The van der Waals surface area contributed by atoms with Gasteiger partial charge >= 0.3 is 11.9 Å². The van der Waals surface area contributed by atoms with Crippen LogP contribution in [0.2, 0.25) is 0 Å². The van der Waals surface area contributed by atoms with Crippen molar-refractivity contribution in [3.63, 3.8) is 0 Å². The summed E-state index contributed by atoms with van der Waals surface area (Å²) >= 11 is 0. The van der Waals surface area contributed by atoms with Gasteiger partial charge in [-0.05, 0) is 43.0 Å². The van der Waals surface area contributed by atoms with E-state index in [0.717, 1.165) is 18.6 Å². The first-order chi connectivity index (χ1) is 10.8. The van der Waals surface area contributed by atoms with E-state index >= 15 is 0 Å². The number of carbonyl (C=O) groups is 2. The number of ether oxygens (including phenoxy) is 2. The maximum absolute atomic E-state index is 12.4. The minimum atomic E-state index is -4.29. The van der Waals surface area contributed by atoms with E-state index in [1.165, 1.54) is 12.1 Å². The van der Waals surface area contributed by atoms with Crippen molar-refractivity contribution < 1.29 is 32.0 Å². The lowest BCUT2D eigenvalue weighted by Gasteiger charge is -2.22. The molecule has 0 radical (unpaired) electrons. The highest BCUT2D eigenvalue weighted by molar-refractivity contribution is 7.85. The lowest BCUT2D eigenvalue weighted by atomic mass is 9.80. The van der Waals surface area contributed by atoms with Crippen LogP contribution in [0.15, 0.2) is 29.2 Å². The van der Waals surface area contributed by atoms with Crippen molar-refractivity contribution in [1.82, 2.24) is 0 Å². The van der Waals surface area contributed by atoms with Crippen LogP contribution in [0.1, 0.15) is 12.8 Å². The van der Waals surface area contributed by atoms with Crippen molar-refractivity contribution in [1.29, 1.82) is 0 Å². The van der Waals surface area contributed by atoms with Crippen LogP contribution in [-0.4, -0.2) is 31.0 Å². The van der Waals surface area contributed by atoms with Gasteiger partial charge in [-0.3, -0.25) is 14.1 Å². The van der Waals surface area contributed by atoms with E-state index in [4.69, 9.17) is 14.0 Å². The molecule has 8 heteroatoms. The van der Waals surface area contributed by atoms with Gasteiger partial charge in [0.25, 0.3) is 10.1 Å². The van der Waals surface area contributed by atoms with E-state index in [-0.39, 0.29) is 34.6 Å². The Kier molecular flexibility index (Phi) is 3.05. The molecule has 0 spiro atoms. The fourth-order valence-electron chi connectivity index (χ4n) is 4.19. The maximum atomic E-state index is 12.4. The topological polar surface area (TPSA) is 107 Å². The van der Waals surface area contributed by atoms with E-state index in [1.807, 2.05) is 0 Å². The number of benzene rings is 1. The third-order valence-corrected chi connectivity index (χ3v) is 5.96. The van der Waals surface area contributed by atoms with Gasteiger partial charge in [0.15, 0.2) is 0 Å². The first-order valence-electron chi connectivity index (χ1n) is 7.34. The molecule has 0 aromatic heterocycles. The summed E-state index contributed by atoms with van der Waals surface area (Å²) in [5, 5.41) is 0. The second-order valence-corrected chi connectivity index (χ2v) is 7.71. The monoisotopic (exact) mass is 338 g/mol. The Morgan fingerprint density at radius 1 is 1.22 bits per heavy atom. The normalized spacial score (nSPS) is 34.5. The first-order valence-corrected chi connectivity index (χ1v) is 8.78. The SMILES string of the molecule is O=C1OC2CC3CC2C1[C@@H]3C(=O)Oc1ccc(S(=O)(=O)O)cc1. The average Bonchev–Trinajstić information content (AvgIpc) is 3.08. The van der Waals surface area contributed by atoms with Crippen LogP contribution in [0.25, 0.3) is 0 Å². The molecule has 122 valence electrons. The van der Waals surface area contributed by atoms with Crippen molar-refractivity contribution in [3.05, 3.63) is 24.3 Å². The summed E-state index contributed by atoms with van der Waals surface area (Å²) in [4.78, 5) is 24.0. The largest absolute Gasteiger partial charge is 0.462 e. The number of hydrogen-bond donors (Lipinski definition) is 1. The zero-order valence-corrected chi connectivity index (χ0v) is 12.7. The fourth-order valence-corrected chi connectivity index (χ4v) is 4.67. The molecule has 1 heterocycles. The number of esters is 2. The summed E-state index contributed by atoms with van der Waals surface area (Å²) in [6.07, 6.45) is 1.47. The predicted octanol–water partition coefficient (Wildman–Crippen LogP) is 1.04. The van der Waals surface area contributed by atoms with Gasteiger partial charge in [0.2, 0.25) is 0 Å². The highest BCUT2D eigenvalue weighted by Crippen LogP contribution is 2.57. The van der Waals surface area contributed by atoms with E-state index in [0.29, 0.717) is 6.42 Å². The lowest BCUT2D eigenvalue weighted by molar-refractivity contribution is -0.149. The van der Waals surface area contributed by atoms with Crippen molar-refractivity contribution in [2.24, 2.45) is 23.7 Å². The van der Waals surface area contributed by atoms with Crippen LogP contribution < -0.4 is 4.74 Å². The molecule has 2 bridgehead atoms. The molecule has 0 amide bonds. The lowest BCUT2D eigenvalue weighted by Crippen LogP contribution is -2.34. The number of hydrogen-bond acceptors (Lipinski definition) is 6.